The molecule has 0 saturated carbocycles. The van der Waals surface area contributed by atoms with Crippen molar-refractivity contribution >= 4 is 0 Å². The molecule has 0 bridgehead atoms. The van der Waals surface area contributed by atoms with E-state index < -0.39 is 0 Å². The van der Waals surface area contributed by atoms with E-state index in [4.69, 9.17) is 10.8 Å². The maximum Gasteiger partial charge on any atom is 1.00 e. The van der Waals surface area contributed by atoms with Gasteiger partial charge in [0.25, 0.3) is 0 Å². The molecule has 0 aromatic heterocycles. The third-order valence-electron chi connectivity index (χ3n) is 0.129. The van der Waals surface area contributed by atoms with E-state index in [-0.39, 0.29) is 23.7 Å². The first kappa shape index (κ1) is 9.06. The average molecular weight is 125 g/mol. The maximum absolute atomic E-state index is 7.75. The molecule has 0 aliphatic carbocycles. The van der Waals surface area contributed by atoms with E-state index in [1.165, 1.54) is 0 Å². The van der Waals surface area contributed by atoms with Crippen LogP contribution in [0.4, 0.5) is 0 Å². The van der Waals surface area contributed by atoms with E-state index in [0.717, 1.165) is 0 Å². The van der Waals surface area contributed by atoms with E-state index in [9.17, 15) is 0 Å². The first-order chi connectivity index (χ1) is 1.91. The number of nitrogens with two attached hydrogens (primary N) is 1. The molecule has 0 unspecified atom stereocenters. The van der Waals surface area contributed by atoms with Crippen molar-refractivity contribution in [3.8, 4) is 0 Å². The van der Waals surface area contributed by atoms with Gasteiger partial charge < -0.3 is 10.8 Å². The van der Waals surface area contributed by atoms with E-state index in [2.05, 4.69) is 0 Å². The van der Waals surface area contributed by atoms with Crippen LogP contribution >= 0.6 is 0 Å². The second-order valence-electron chi connectivity index (χ2n) is 0.512. The van der Waals surface area contributed by atoms with E-state index in [1.54, 1.807) is 0 Å². The minimum absolute atomic E-state index is 0. The quantitative estimate of drug-likeness (QED) is 0.438. The maximum atomic E-state index is 7.75. The summed E-state index contributed by atoms with van der Waals surface area (Å²) in [4.78, 5) is 0. The Balaban J connectivity index is 0. The summed E-state index contributed by atoms with van der Waals surface area (Å²) in [6, 6.07) is 0. The van der Waals surface area contributed by atoms with Gasteiger partial charge in [0.2, 0.25) is 0 Å². The Hall–Kier alpha value is 0.439. The Morgan fingerprint density at radius 3 is 1.80 bits per heavy atom. The zero-order chi connectivity index (χ0) is 3.41. The molecule has 0 aromatic rings. The number of rotatable bonds is 1. The molecule has 0 amide bonds. The second kappa shape index (κ2) is 8.83. The summed E-state index contributed by atoms with van der Waals surface area (Å²) in [5, 5.41) is 7.75. The van der Waals surface area contributed by atoms with Gasteiger partial charge in [-0.25, -0.2) is 0 Å². The zero-order valence-electron chi connectivity index (χ0n) is 2.74. The van der Waals surface area contributed by atoms with Crippen LogP contribution in [0.1, 0.15) is 0 Å². The molecule has 0 saturated heterocycles. The van der Waals surface area contributed by atoms with Crippen LogP contribution in [0.15, 0.2) is 0 Å². The van der Waals surface area contributed by atoms with Crippen LogP contribution in [0.2, 0.25) is 0 Å². The SMILES string of the molecule is NCCO.[Cu+]. The van der Waals surface area contributed by atoms with Crippen molar-refractivity contribution in [2.75, 3.05) is 13.2 Å². The molecule has 0 atom stereocenters. The molecule has 5 heavy (non-hydrogen) atoms. The normalized spacial score (nSPS) is 6.00. The minimum atomic E-state index is 0. The molecule has 0 aromatic carbocycles. The fraction of sp³-hybridized carbons (Fsp3) is 1.00. The van der Waals surface area contributed by atoms with E-state index in [1.807, 2.05) is 0 Å². The third-order valence-corrected chi connectivity index (χ3v) is 0.129. The van der Waals surface area contributed by atoms with Crippen LogP contribution in [0.3, 0.4) is 0 Å². The average Bonchev–Trinajstić information content (AvgIpc) is 1.37. The predicted molar refractivity (Wildman–Crippen MR) is 16.1 cm³/mol. The van der Waals surface area contributed by atoms with E-state index in [0.29, 0.717) is 6.54 Å². The van der Waals surface area contributed by atoms with Crippen LogP contribution < -0.4 is 5.73 Å². The fourth-order valence-corrected chi connectivity index (χ4v) is 0. The van der Waals surface area contributed by atoms with Gasteiger partial charge in [-0.15, -0.1) is 0 Å². The van der Waals surface area contributed by atoms with Crippen molar-refractivity contribution in [3.05, 3.63) is 0 Å². The van der Waals surface area contributed by atoms with Crippen LogP contribution in [0, 0.1) is 0 Å². The topological polar surface area (TPSA) is 46.2 Å². The van der Waals surface area contributed by atoms with Gasteiger partial charge in [0, 0.05) is 6.54 Å². The van der Waals surface area contributed by atoms with Gasteiger partial charge in [-0.3, -0.25) is 0 Å². The van der Waals surface area contributed by atoms with Crippen molar-refractivity contribution in [1.29, 1.82) is 0 Å². The monoisotopic (exact) mass is 124 g/mol. The van der Waals surface area contributed by atoms with Crippen molar-refractivity contribution < 1.29 is 22.2 Å². The Labute approximate surface area is 41.8 Å². The van der Waals surface area contributed by atoms with Gasteiger partial charge in [-0.05, 0) is 0 Å². The molecular weight excluding hydrogens is 118 g/mol. The summed E-state index contributed by atoms with van der Waals surface area (Å²) in [5.74, 6) is 0. The minimum Gasteiger partial charge on any atom is -0.395 e. The summed E-state index contributed by atoms with van der Waals surface area (Å²) >= 11 is 0. The van der Waals surface area contributed by atoms with Crippen LogP contribution in [-0.4, -0.2) is 18.3 Å². The van der Waals surface area contributed by atoms with Gasteiger partial charge in [-0.1, -0.05) is 0 Å². The molecule has 0 aliphatic rings. The summed E-state index contributed by atoms with van der Waals surface area (Å²) in [6.07, 6.45) is 0. The summed E-state index contributed by atoms with van der Waals surface area (Å²) < 4.78 is 0. The van der Waals surface area contributed by atoms with Crippen LogP contribution in [-0.2, 0) is 17.1 Å². The number of aliphatic hydroxyl groups is 1. The van der Waals surface area contributed by atoms with Gasteiger partial charge in [0.15, 0.2) is 0 Å². The van der Waals surface area contributed by atoms with Gasteiger partial charge in [0.05, 0.1) is 6.61 Å². The van der Waals surface area contributed by atoms with Gasteiger partial charge >= 0.3 is 17.1 Å². The molecule has 0 radical (unpaired) electrons. The summed E-state index contributed by atoms with van der Waals surface area (Å²) in [7, 11) is 0. The first-order valence-electron chi connectivity index (χ1n) is 1.22. The van der Waals surface area contributed by atoms with Crippen molar-refractivity contribution in [1.82, 2.24) is 0 Å². The fourth-order valence-electron chi connectivity index (χ4n) is 0. The Kier molecular flexibility index (Phi) is 16.0. The van der Waals surface area contributed by atoms with Crippen molar-refractivity contribution in [3.63, 3.8) is 0 Å². The molecule has 0 aliphatic heterocycles. The molecule has 0 fully saturated rings. The molecule has 0 heterocycles. The predicted octanol–water partition coefficient (Wildman–Crippen LogP) is -1.07. The van der Waals surface area contributed by atoms with Crippen LogP contribution in [0.25, 0.3) is 0 Å². The molecular formula is C2H7CuNO+. The van der Waals surface area contributed by atoms with Crippen molar-refractivity contribution in [2.45, 2.75) is 0 Å². The smallest absolute Gasteiger partial charge is 0.395 e. The summed E-state index contributed by atoms with van der Waals surface area (Å²) in [6.45, 7) is 0.472. The molecule has 0 rings (SSSR count). The number of aliphatic hydroxyl groups excluding tert-OH is 1. The van der Waals surface area contributed by atoms with Gasteiger partial charge in [0.1, 0.15) is 0 Å². The van der Waals surface area contributed by atoms with Crippen molar-refractivity contribution in [2.24, 2.45) is 5.73 Å². The molecule has 3 N–H and O–H groups in total. The molecule has 0 spiro atoms. The molecule has 3 heteroatoms. The zero-order valence-corrected chi connectivity index (χ0v) is 3.68. The Bertz CT molecular complexity index is 11.6. The van der Waals surface area contributed by atoms with E-state index >= 15 is 0 Å². The Morgan fingerprint density at radius 1 is 1.60 bits per heavy atom. The molecule has 2 nitrogen and oxygen atoms in total. The van der Waals surface area contributed by atoms with Gasteiger partial charge in [-0.2, -0.15) is 0 Å². The standard InChI is InChI=1S/C2H7NO.Cu/c3-1-2-4;/h4H,1-3H2;/q;+1. The number of hydrogen-bond acceptors (Lipinski definition) is 2. The van der Waals surface area contributed by atoms with Crippen LogP contribution in [0.5, 0.6) is 0 Å². The molecule has 36 valence electrons. The summed E-state index contributed by atoms with van der Waals surface area (Å²) in [5.41, 5.74) is 4.78. The Morgan fingerprint density at radius 2 is 1.80 bits per heavy atom. The largest absolute Gasteiger partial charge is 1.00 e. The second-order valence-corrected chi connectivity index (χ2v) is 0.512. The number of hydrogen-bond donors (Lipinski definition) is 2. The third kappa shape index (κ3) is 12.8. The first-order valence-corrected chi connectivity index (χ1v) is 1.22.